The Morgan fingerprint density at radius 3 is 2.65 bits per heavy atom. The van der Waals surface area contributed by atoms with Gasteiger partial charge < -0.3 is 4.57 Å². The molecule has 2 nitrogen and oxygen atoms in total. The summed E-state index contributed by atoms with van der Waals surface area (Å²) in [6.45, 7) is 0.973. The molecule has 0 N–H and O–H groups in total. The predicted molar refractivity (Wildman–Crippen MR) is 82.1 cm³/mol. The molecule has 0 atom stereocenters. The van der Waals surface area contributed by atoms with Crippen LogP contribution in [0, 0.1) is 0 Å². The molecule has 0 saturated carbocycles. The Labute approximate surface area is 118 Å². The first-order valence-electron chi connectivity index (χ1n) is 6.95. The van der Waals surface area contributed by atoms with Crippen molar-refractivity contribution in [3.05, 3.63) is 71.9 Å². The van der Waals surface area contributed by atoms with Crippen LogP contribution in [0.5, 0.6) is 0 Å². The van der Waals surface area contributed by atoms with Crippen LogP contribution < -0.4 is 0 Å². The molecule has 2 heteroatoms. The Morgan fingerprint density at radius 2 is 1.85 bits per heavy atom. The van der Waals surface area contributed by atoms with Crippen LogP contribution in [0.3, 0.4) is 0 Å². The van der Waals surface area contributed by atoms with E-state index < -0.39 is 0 Å². The van der Waals surface area contributed by atoms with Gasteiger partial charge in [0.1, 0.15) is 6.29 Å². The first-order valence-corrected chi connectivity index (χ1v) is 6.95. The Morgan fingerprint density at radius 1 is 1.00 bits per heavy atom. The number of hydrogen-bond donors (Lipinski definition) is 0. The summed E-state index contributed by atoms with van der Waals surface area (Å²) in [6, 6.07) is 18.5. The molecule has 0 unspecified atom stereocenters. The molecule has 0 fully saturated rings. The van der Waals surface area contributed by atoms with Gasteiger partial charge in [-0.3, -0.25) is 4.79 Å². The molecule has 0 aliphatic rings. The van der Waals surface area contributed by atoms with Crippen LogP contribution in [-0.4, -0.2) is 10.9 Å². The number of fused-ring (bicyclic) bond motifs is 1. The van der Waals surface area contributed by atoms with Gasteiger partial charge in [-0.15, -0.1) is 0 Å². The number of carbonyl (C=O) groups is 1. The van der Waals surface area contributed by atoms with Crippen molar-refractivity contribution >= 4 is 17.2 Å². The minimum absolute atomic E-state index is 0.737. The third kappa shape index (κ3) is 2.64. The molecular formula is C18H17NO. The zero-order valence-corrected chi connectivity index (χ0v) is 11.3. The van der Waals surface area contributed by atoms with Crippen LogP contribution in [0.15, 0.2) is 60.8 Å². The fourth-order valence-corrected chi connectivity index (χ4v) is 2.57. The number of nitrogens with zero attached hydrogens (tertiary/aromatic N) is 1. The van der Waals surface area contributed by atoms with Crippen molar-refractivity contribution < 1.29 is 4.79 Å². The van der Waals surface area contributed by atoms with Crippen molar-refractivity contribution in [3.63, 3.8) is 0 Å². The molecule has 3 rings (SSSR count). The summed E-state index contributed by atoms with van der Waals surface area (Å²) >= 11 is 0. The predicted octanol–water partition coefficient (Wildman–Crippen LogP) is 4.09. The molecule has 1 heterocycles. The third-order valence-electron chi connectivity index (χ3n) is 3.64. The van der Waals surface area contributed by atoms with E-state index in [1.165, 1.54) is 10.9 Å². The number of aryl methyl sites for hydroxylation is 2. The number of rotatable bonds is 5. The van der Waals surface area contributed by atoms with Gasteiger partial charge in [0, 0.05) is 23.8 Å². The smallest absolute Gasteiger partial charge is 0.150 e. The molecule has 3 aromatic rings. The molecule has 100 valence electrons. The second kappa shape index (κ2) is 5.74. The molecule has 2 aromatic carbocycles. The normalized spacial score (nSPS) is 10.8. The second-order valence-corrected chi connectivity index (χ2v) is 5.03. The summed E-state index contributed by atoms with van der Waals surface area (Å²) in [6.07, 6.45) is 5.18. The summed E-state index contributed by atoms with van der Waals surface area (Å²) in [5.74, 6) is 0. The van der Waals surface area contributed by atoms with E-state index in [-0.39, 0.29) is 0 Å². The standard InChI is InChI=1S/C18H17NO/c20-14-16-8-9-17-10-12-19(18(17)13-16)11-4-7-15-5-2-1-3-6-15/h1-3,5-6,8-10,12-14H,4,7,11H2. The monoisotopic (exact) mass is 263 g/mol. The fraction of sp³-hybridized carbons (Fsp3) is 0.167. The average Bonchev–Trinajstić information content (AvgIpc) is 2.91. The van der Waals surface area contributed by atoms with E-state index in [4.69, 9.17) is 0 Å². The van der Waals surface area contributed by atoms with Crippen LogP contribution in [0.4, 0.5) is 0 Å². The minimum atomic E-state index is 0.737. The number of benzene rings is 2. The zero-order valence-electron chi connectivity index (χ0n) is 11.3. The molecule has 0 amide bonds. The fourth-order valence-electron chi connectivity index (χ4n) is 2.57. The summed E-state index contributed by atoms with van der Waals surface area (Å²) in [7, 11) is 0. The van der Waals surface area contributed by atoms with Gasteiger partial charge in [-0.05, 0) is 35.9 Å². The lowest BCUT2D eigenvalue weighted by atomic mass is 10.1. The van der Waals surface area contributed by atoms with E-state index >= 15 is 0 Å². The second-order valence-electron chi connectivity index (χ2n) is 5.03. The van der Waals surface area contributed by atoms with E-state index in [1.807, 2.05) is 24.3 Å². The molecule has 1 aromatic heterocycles. The minimum Gasteiger partial charge on any atom is -0.347 e. The Kier molecular flexibility index (Phi) is 3.64. The highest BCUT2D eigenvalue weighted by atomic mass is 16.1. The average molecular weight is 263 g/mol. The molecule has 0 aliphatic carbocycles. The molecule has 0 saturated heterocycles. The van der Waals surface area contributed by atoms with Crippen molar-refractivity contribution in [3.8, 4) is 0 Å². The number of carbonyl (C=O) groups excluding carboxylic acids is 1. The van der Waals surface area contributed by atoms with Gasteiger partial charge in [-0.2, -0.15) is 0 Å². The lowest BCUT2D eigenvalue weighted by Crippen LogP contribution is -1.98. The van der Waals surface area contributed by atoms with E-state index in [0.29, 0.717) is 0 Å². The van der Waals surface area contributed by atoms with Crippen molar-refractivity contribution in [2.24, 2.45) is 0 Å². The topological polar surface area (TPSA) is 22.0 Å². The van der Waals surface area contributed by atoms with Crippen molar-refractivity contribution in [2.75, 3.05) is 0 Å². The largest absolute Gasteiger partial charge is 0.347 e. The van der Waals surface area contributed by atoms with E-state index in [9.17, 15) is 4.79 Å². The maximum atomic E-state index is 10.9. The van der Waals surface area contributed by atoms with E-state index in [0.717, 1.165) is 36.8 Å². The van der Waals surface area contributed by atoms with E-state index in [2.05, 4.69) is 41.1 Å². The molecule has 20 heavy (non-hydrogen) atoms. The van der Waals surface area contributed by atoms with Crippen LogP contribution in [0.1, 0.15) is 22.3 Å². The first kappa shape index (κ1) is 12.7. The number of hydrogen-bond acceptors (Lipinski definition) is 1. The lowest BCUT2D eigenvalue weighted by molar-refractivity contribution is 0.112. The van der Waals surface area contributed by atoms with Crippen LogP contribution in [-0.2, 0) is 13.0 Å². The Balaban J connectivity index is 1.72. The SMILES string of the molecule is O=Cc1ccc2ccn(CCCc3ccccc3)c2c1. The quantitative estimate of drug-likeness (QED) is 0.635. The highest BCUT2D eigenvalue weighted by Crippen LogP contribution is 2.18. The Bertz CT molecular complexity index is 713. The van der Waals surface area contributed by atoms with E-state index in [1.54, 1.807) is 0 Å². The Hall–Kier alpha value is -2.35. The van der Waals surface area contributed by atoms with Gasteiger partial charge in [0.15, 0.2) is 0 Å². The number of aromatic nitrogens is 1. The molecular weight excluding hydrogens is 246 g/mol. The third-order valence-corrected chi connectivity index (χ3v) is 3.64. The lowest BCUT2D eigenvalue weighted by Gasteiger charge is -2.06. The molecule has 0 spiro atoms. The molecule has 0 aliphatic heterocycles. The van der Waals surface area contributed by atoms with Crippen molar-refractivity contribution in [2.45, 2.75) is 19.4 Å². The van der Waals surface area contributed by atoms with Gasteiger partial charge >= 0.3 is 0 Å². The van der Waals surface area contributed by atoms with Crippen molar-refractivity contribution in [1.82, 2.24) is 4.57 Å². The molecule has 0 radical (unpaired) electrons. The summed E-state index contributed by atoms with van der Waals surface area (Å²) in [4.78, 5) is 10.9. The highest BCUT2D eigenvalue weighted by molar-refractivity contribution is 5.87. The van der Waals surface area contributed by atoms with Gasteiger partial charge in [0.2, 0.25) is 0 Å². The maximum absolute atomic E-state index is 10.9. The summed E-state index contributed by atoms with van der Waals surface area (Å²) in [5.41, 5.74) is 3.25. The van der Waals surface area contributed by atoms with Crippen molar-refractivity contribution in [1.29, 1.82) is 0 Å². The van der Waals surface area contributed by atoms with Crippen LogP contribution in [0.25, 0.3) is 10.9 Å². The maximum Gasteiger partial charge on any atom is 0.150 e. The van der Waals surface area contributed by atoms with Crippen LogP contribution >= 0.6 is 0 Å². The summed E-state index contributed by atoms with van der Waals surface area (Å²) < 4.78 is 2.23. The van der Waals surface area contributed by atoms with Gasteiger partial charge in [0.25, 0.3) is 0 Å². The van der Waals surface area contributed by atoms with Gasteiger partial charge in [0.05, 0.1) is 0 Å². The first-order chi connectivity index (χ1) is 9.86. The van der Waals surface area contributed by atoms with Gasteiger partial charge in [-0.25, -0.2) is 0 Å². The highest BCUT2D eigenvalue weighted by Gasteiger charge is 2.02. The summed E-state index contributed by atoms with van der Waals surface area (Å²) in [5, 5.41) is 1.19. The van der Waals surface area contributed by atoms with Crippen LogP contribution in [0.2, 0.25) is 0 Å². The molecule has 0 bridgehead atoms. The zero-order chi connectivity index (χ0) is 13.8. The van der Waals surface area contributed by atoms with Gasteiger partial charge in [-0.1, -0.05) is 42.5 Å². The number of aldehydes is 1.